The van der Waals surface area contributed by atoms with Crippen molar-refractivity contribution in [3.8, 4) is 5.75 Å². The second-order valence-electron chi connectivity index (χ2n) is 5.76. The Balaban J connectivity index is 1.94. The Hall–Kier alpha value is -1.49. The highest BCUT2D eigenvalue weighted by atomic mass is 19.4. The predicted octanol–water partition coefficient (Wildman–Crippen LogP) is 4.23. The Morgan fingerprint density at radius 3 is 2.67 bits per heavy atom. The molecule has 0 amide bonds. The Labute approximate surface area is 122 Å². The molecule has 2 aliphatic rings. The zero-order valence-corrected chi connectivity index (χ0v) is 11.9. The van der Waals surface area contributed by atoms with Crippen LogP contribution in [0, 0.1) is 0 Å². The zero-order chi connectivity index (χ0) is 15.0. The summed E-state index contributed by atoms with van der Waals surface area (Å²) in [5, 5.41) is 0. The van der Waals surface area contributed by atoms with E-state index in [0.29, 0.717) is 17.6 Å². The van der Waals surface area contributed by atoms with Gasteiger partial charge in [0.25, 0.3) is 0 Å². The molecule has 2 atom stereocenters. The number of rotatable bonds is 2. The summed E-state index contributed by atoms with van der Waals surface area (Å²) < 4.78 is 41.8. The monoisotopic (exact) mass is 297 g/mol. The van der Waals surface area contributed by atoms with Crippen LogP contribution in [0.2, 0.25) is 0 Å². The Bertz CT molecular complexity index is 553. The first-order valence-electron chi connectivity index (χ1n) is 7.22. The first-order valence-corrected chi connectivity index (χ1v) is 7.22. The summed E-state index contributed by atoms with van der Waals surface area (Å²) in [6.45, 7) is 0. The lowest BCUT2D eigenvalue weighted by Gasteiger charge is -2.43. The number of halogens is 3. The molecule has 2 bridgehead atoms. The van der Waals surface area contributed by atoms with Gasteiger partial charge in [-0.1, -0.05) is 30.7 Å². The summed E-state index contributed by atoms with van der Waals surface area (Å²) >= 11 is 0. The number of piperidine rings is 1. The molecule has 1 aromatic carbocycles. The van der Waals surface area contributed by atoms with E-state index in [2.05, 4.69) is 22.8 Å². The maximum Gasteiger partial charge on any atom is 0.573 e. The second kappa shape index (κ2) is 5.37. The minimum Gasteiger partial charge on any atom is -0.405 e. The van der Waals surface area contributed by atoms with Gasteiger partial charge in [0.05, 0.1) is 0 Å². The van der Waals surface area contributed by atoms with Crippen molar-refractivity contribution in [3.05, 3.63) is 35.9 Å². The highest BCUT2D eigenvalue weighted by Gasteiger charge is 2.35. The number of fused-ring (bicyclic) bond motifs is 2. The first-order chi connectivity index (χ1) is 9.94. The van der Waals surface area contributed by atoms with Crippen LogP contribution < -0.4 is 4.74 Å². The van der Waals surface area contributed by atoms with Crippen LogP contribution in [0.15, 0.2) is 30.3 Å². The molecule has 3 rings (SSSR count). The average Bonchev–Trinajstić information content (AvgIpc) is 2.37. The molecule has 0 aromatic heterocycles. The number of hydrogen-bond donors (Lipinski definition) is 0. The van der Waals surface area contributed by atoms with Crippen LogP contribution >= 0.6 is 0 Å². The van der Waals surface area contributed by atoms with Gasteiger partial charge < -0.3 is 4.74 Å². The molecule has 2 unspecified atom stereocenters. The van der Waals surface area contributed by atoms with E-state index in [-0.39, 0.29) is 5.75 Å². The van der Waals surface area contributed by atoms with Gasteiger partial charge in [0.15, 0.2) is 0 Å². The van der Waals surface area contributed by atoms with Crippen LogP contribution in [0.4, 0.5) is 13.2 Å². The smallest absolute Gasteiger partial charge is 0.405 e. The molecule has 2 aliphatic heterocycles. The maximum absolute atomic E-state index is 12.5. The summed E-state index contributed by atoms with van der Waals surface area (Å²) in [7, 11) is 2.10. The Morgan fingerprint density at radius 1 is 1.19 bits per heavy atom. The van der Waals surface area contributed by atoms with E-state index in [1.807, 2.05) is 0 Å². The first kappa shape index (κ1) is 14.4. The zero-order valence-electron chi connectivity index (χ0n) is 11.9. The highest BCUT2D eigenvalue weighted by Crippen LogP contribution is 2.39. The summed E-state index contributed by atoms with van der Waals surface area (Å²) in [6, 6.07) is 7.18. The van der Waals surface area contributed by atoms with Crippen molar-refractivity contribution < 1.29 is 17.9 Å². The summed E-state index contributed by atoms with van der Waals surface area (Å²) in [6.07, 6.45) is 1.59. The van der Waals surface area contributed by atoms with E-state index in [1.165, 1.54) is 12.5 Å². The van der Waals surface area contributed by atoms with Crippen LogP contribution in [0.25, 0.3) is 5.57 Å². The molecule has 1 saturated heterocycles. The molecular formula is C16H18F3NO. The van der Waals surface area contributed by atoms with Gasteiger partial charge in [-0.25, -0.2) is 0 Å². The molecule has 0 N–H and O–H groups in total. The number of ether oxygens (including phenoxy) is 1. The Kier molecular flexibility index (Phi) is 3.69. The van der Waals surface area contributed by atoms with Crippen molar-refractivity contribution in [3.63, 3.8) is 0 Å². The number of likely N-dealkylation sites (N-methyl/N-ethyl adjacent to an activating group) is 1. The summed E-state index contributed by atoms with van der Waals surface area (Å²) in [5.41, 5.74) is 1.54. The molecule has 0 saturated carbocycles. The summed E-state index contributed by atoms with van der Waals surface area (Å²) in [4.78, 5) is 2.33. The SMILES string of the molecule is CN1C2C=C(c3ccccc3OC(F)(F)F)CC1CCC2. The highest BCUT2D eigenvalue weighted by molar-refractivity contribution is 5.72. The molecule has 1 aromatic rings. The molecule has 0 aliphatic carbocycles. The van der Waals surface area contributed by atoms with E-state index in [4.69, 9.17) is 0 Å². The van der Waals surface area contributed by atoms with Gasteiger partial charge in [0, 0.05) is 17.6 Å². The van der Waals surface area contributed by atoms with Crippen molar-refractivity contribution >= 4 is 5.57 Å². The normalized spacial score (nSPS) is 26.4. The lowest BCUT2D eigenvalue weighted by atomic mass is 9.83. The molecule has 21 heavy (non-hydrogen) atoms. The fourth-order valence-electron chi connectivity index (χ4n) is 3.39. The van der Waals surface area contributed by atoms with Gasteiger partial charge in [0.1, 0.15) is 5.75 Å². The van der Waals surface area contributed by atoms with Crippen LogP contribution in [0.1, 0.15) is 31.2 Å². The number of nitrogens with zero attached hydrogens (tertiary/aromatic N) is 1. The third-order valence-electron chi connectivity index (χ3n) is 4.44. The van der Waals surface area contributed by atoms with Gasteiger partial charge in [-0.05, 0) is 37.9 Å². The molecule has 2 nitrogen and oxygen atoms in total. The molecule has 0 spiro atoms. The van der Waals surface area contributed by atoms with Crippen molar-refractivity contribution in [1.82, 2.24) is 4.90 Å². The predicted molar refractivity (Wildman–Crippen MR) is 74.9 cm³/mol. The lowest BCUT2D eigenvalue weighted by Crippen LogP contribution is -2.45. The van der Waals surface area contributed by atoms with E-state index >= 15 is 0 Å². The minimum atomic E-state index is -4.65. The van der Waals surface area contributed by atoms with Crippen LogP contribution in [0.5, 0.6) is 5.75 Å². The second-order valence-corrected chi connectivity index (χ2v) is 5.76. The molecule has 5 heteroatoms. The van der Waals surface area contributed by atoms with Gasteiger partial charge >= 0.3 is 6.36 Å². The van der Waals surface area contributed by atoms with Crippen molar-refractivity contribution in [2.75, 3.05) is 7.05 Å². The van der Waals surface area contributed by atoms with E-state index in [1.54, 1.807) is 18.2 Å². The fourth-order valence-corrected chi connectivity index (χ4v) is 3.39. The topological polar surface area (TPSA) is 12.5 Å². The van der Waals surface area contributed by atoms with Crippen LogP contribution in [-0.4, -0.2) is 30.4 Å². The summed E-state index contributed by atoms with van der Waals surface area (Å²) in [5.74, 6) is -0.0983. The van der Waals surface area contributed by atoms with Crippen LogP contribution in [0.3, 0.4) is 0 Å². The van der Waals surface area contributed by atoms with Crippen LogP contribution in [-0.2, 0) is 0 Å². The van der Waals surface area contributed by atoms with Gasteiger partial charge in [0.2, 0.25) is 0 Å². The van der Waals surface area contributed by atoms with E-state index in [0.717, 1.165) is 24.8 Å². The van der Waals surface area contributed by atoms with E-state index in [9.17, 15) is 13.2 Å². The molecule has 2 heterocycles. The molecule has 0 radical (unpaired) electrons. The molecular weight excluding hydrogens is 279 g/mol. The van der Waals surface area contributed by atoms with Crippen molar-refractivity contribution in [2.45, 2.75) is 44.1 Å². The quantitative estimate of drug-likeness (QED) is 0.810. The lowest BCUT2D eigenvalue weighted by molar-refractivity contribution is -0.274. The third-order valence-corrected chi connectivity index (χ3v) is 4.44. The number of alkyl halides is 3. The number of para-hydroxylation sites is 1. The van der Waals surface area contributed by atoms with Gasteiger partial charge in [-0.15, -0.1) is 13.2 Å². The largest absolute Gasteiger partial charge is 0.573 e. The van der Waals surface area contributed by atoms with Crippen molar-refractivity contribution in [1.29, 1.82) is 0 Å². The maximum atomic E-state index is 12.5. The minimum absolute atomic E-state index is 0.0983. The van der Waals surface area contributed by atoms with E-state index < -0.39 is 6.36 Å². The molecule has 1 fully saturated rings. The Morgan fingerprint density at radius 2 is 1.95 bits per heavy atom. The number of benzene rings is 1. The molecule has 114 valence electrons. The average molecular weight is 297 g/mol. The van der Waals surface area contributed by atoms with Gasteiger partial charge in [-0.2, -0.15) is 0 Å². The van der Waals surface area contributed by atoms with Gasteiger partial charge in [-0.3, -0.25) is 4.90 Å². The standard InChI is InChI=1S/C16H18F3NO/c1-20-12-5-4-6-13(20)10-11(9-12)14-7-2-3-8-15(14)21-16(17,18)19/h2-3,7-9,12-13H,4-6,10H2,1H3. The van der Waals surface area contributed by atoms with Crippen molar-refractivity contribution in [2.24, 2.45) is 0 Å². The fraction of sp³-hybridized carbons (Fsp3) is 0.500. The number of hydrogen-bond acceptors (Lipinski definition) is 2. The third kappa shape index (κ3) is 3.07.